The smallest absolute Gasteiger partial charge is 0.123 e. The van der Waals surface area contributed by atoms with Gasteiger partial charge in [0.2, 0.25) is 0 Å². The molecule has 19 heavy (non-hydrogen) atoms. The molecule has 0 aliphatic heterocycles. The Bertz CT molecular complexity index is 495. The summed E-state index contributed by atoms with van der Waals surface area (Å²) in [5.41, 5.74) is 2.57. The Balaban J connectivity index is 2.54. The lowest BCUT2D eigenvalue weighted by atomic mass is 9.72. The first kappa shape index (κ1) is 13.8. The minimum absolute atomic E-state index is 0.263. The lowest BCUT2D eigenvalue weighted by Gasteiger charge is -2.34. The molecule has 2 rings (SSSR count). The Labute approximate surface area is 113 Å². The number of rotatable bonds is 3. The van der Waals surface area contributed by atoms with E-state index in [0.29, 0.717) is 0 Å². The standard InChI is InChI=1S/C17H19FO/c1-12-4-6-14(7-5-12)17(3,13(2)19)15-8-10-16(18)11-9-15/h4-11,13,19H,1-3H3/t13-,17?/m1/s1. The van der Waals surface area contributed by atoms with Crippen LogP contribution in [0.4, 0.5) is 4.39 Å². The topological polar surface area (TPSA) is 20.2 Å². The highest BCUT2D eigenvalue weighted by Crippen LogP contribution is 2.35. The first-order valence-electron chi connectivity index (χ1n) is 6.46. The van der Waals surface area contributed by atoms with Crippen LogP contribution in [0.2, 0.25) is 0 Å². The van der Waals surface area contributed by atoms with Crippen LogP contribution in [0.25, 0.3) is 0 Å². The minimum atomic E-state index is -0.569. The van der Waals surface area contributed by atoms with Gasteiger partial charge in [-0.05, 0) is 44.0 Å². The molecule has 100 valence electrons. The van der Waals surface area contributed by atoms with Crippen molar-refractivity contribution in [3.8, 4) is 0 Å². The second-order valence-corrected chi connectivity index (χ2v) is 5.25. The molecule has 0 saturated carbocycles. The predicted octanol–water partition coefficient (Wildman–Crippen LogP) is 3.82. The molecule has 0 amide bonds. The number of hydrogen-bond acceptors (Lipinski definition) is 1. The van der Waals surface area contributed by atoms with Crippen molar-refractivity contribution in [1.29, 1.82) is 0 Å². The summed E-state index contributed by atoms with van der Waals surface area (Å²) < 4.78 is 13.1. The number of halogens is 1. The Morgan fingerprint density at radius 1 is 0.947 bits per heavy atom. The van der Waals surface area contributed by atoms with Crippen molar-refractivity contribution in [2.45, 2.75) is 32.3 Å². The first-order valence-corrected chi connectivity index (χ1v) is 6.46. The third-order valence-electron chi connectivity index (χ3n) is 3.93. The van der Waals surface area contributed by atoms with Crippen molar-refractivity contribution in [3.63, 3.8) is 0 Å². The second-order valence-electron chi connectivity index (χ2n) is 5.25. The van der Waals surface area contributed by atoms with E-state index in [4.69, 9.17) is 0 Å². The molecule has 1 nitrogen and oxygen atoms in total. The van der Waals surface area contributed by atoms with E-state index in [1.165, 1.54) is 17.7 Å². The van der Waals surface area contributed by atoms with E-state index in [1.807, 2.05) is 38.1 Å². The molecule has 1 N–H and O–H groups in total. The fourth-order valence-corrected chi connectivity index (χ4v) is 2.34. The van der Waals surface area contributed by atoms with Crippen molar-refractivity contribution in [3.05, 3.63) is 71.0 Å². The Hall–Kier alpha value is -1.67. The van der Waals surface area contributed by atoms with Gasteiger partial charge in [-0.1, -0.05) is 42.0 Å². The zero-order valence-corrected chi connectivity index (χ0v) is 11.5. The first-order chi connectivity index (χ1) is 8.94. The molecule has 2 heteroatoms. The van der Waals surface area contributed by atoms with Crippen LogP contribution >= 0.6 is 0 Å². The van der Waals surface area contributed by atoms with Crippen LogP contribution in [-0.2, 0) is 5.41 Å². The van der Waals surface area contributed by atoms with Crippen LogP contribution in [0, 0.1) is 12.7 Å². The SMILES string of the molecule is Cc1ccc(C(C)(c2ccc(F)cc2)[C@@H](C)O)cc1. The maximum absolute atomic E-state index is 13.1. The maximum Gasteiger partial charge on any atom is 0.123 e. The number of aliphatic hydroxyl groups excluding tert-OH is 1. The Morgan fingerprint density at radius 3 is 1.79 bits per heavy atom. The summed E-state index contributed by atoms with van der Waals surface area (Å²) in [6, 6.07) is 14.4. The highest BCUT2D eigenvalue weighted by atomic mass is 19.1. The van der Waals surface area contributed by atoms with Gasteiger partial charge in [0.05, 0.1) is 6.10 Å². The third-order valence-corrected chi connectivity index (χ3v) is 3.93. The summed E-state index contributed by atoms with van der Waals surface area (Å²) in [5, 5.41) is 10.2. The van der Waals surface area contributed by atoms with Gasteiger partial charge >= 0.3 is 0 Å². The zero-order valence-electron chi connectivity index (χ0n) is 11.5. The molecular weight excluding hydrogens is 239 g/mol. The van der Waals surface area contributed by atoms with Gasteiger partial charge in [-0.15, -0.1) is 0 Å². The van der Waals surface area contributed by atoms with Gasteiger partial charge < -0.3 is 5.11 Å². The van der Waals surface area contributed by atoms with E-state index >= 15 is 0 Å². The fourth-order valence-electron chi connectivity index (χ4n) is 2.34. The zero-order chi connectivity index (χ0) is 14.0. The van der Waals surface area contributed by atoms with E-state index in [2.05, 4.69) is 0 Å². The molecule has 0 radical (unpaired) electrons. The van der Waals surface area contributed by atoms with Gasteiger partial charge in [0.1, 0.15) is 5.82 Å². The van der Waals surface area contributed by atoms with Gasteiger partial charge in [0.15, 0.2) is 0 Å². The molecule has 2 aromatic rings. The average Bonchev–Trinajstić information content (AvgIpc) is 2.39. The van der Waals surface area contributed by atoms with Gasteiger partial charge in [-0.25, -0.2) is 4.39 Å². The van der Waals surface area contributed by atoms with Crippen molar-refractivity contribution < 1.29 is 9.50 Å². The molecule has 1 unspecified atom stereocenters. The van der Waals surface area contributed by atoms with Crippen molar-refractivity contribution in [2.24, 2.45) is 0 Å². The van der Waals surface area contributed by atoms with E-state index in [-0.39, 0.29) is 5.82 Å². The number of hydrogen-bond donors (Lipinski definition) is 1. The summed E-state index contributed by atoms with van der Waals surface area (Å²) in [4.78, 5) is 0. The van der Waals surface area contributed by atoms with Crippen LogP contribution in [0.15, 0.2) is 48.5 Å². The molecule has 0 bridgehead atoms. The molecule has 2 atom stereocenters. The van der Waals surface area contributed by atoms with Crippen LogP contribution in [0.5, 0.6) is 0 Å². The van der Waals surface area contributed by atoms with Crippen LogP contribution in [-0.4, -0.2) is 11.2 Å². The van der Waals surface area contributed by atoms with E-state index in [9.17, 15) is 9.50 Å². The predicted molar refractivity (Wildman–Crippen MR) is 75.7 cm³/mol. The van der Waals surface area contributed by atoms with E-state index in [1.54, 1.807) is 19.1 Å². The lowest BCUT2D eigenvalue weighted by molar-refractivity contribution is 0.129. The van der Waals surface area contributed by atoms with Crippen LogP contribution in [0.3, 0.4) is 0 Å². The molecule has 0 aromatic heterocycles. The van der Waals surface area contributed by atoms with Crippen molar-refractivity contribution in [1.82, 2.24) is 0 Å². The number of aliphatic hydroxyl groups is 1. The molecule has 0 aliphatic carbocycles. The highest BCUT2D eigenvalue weighted by Gasteiger charge is 2.33. The van der Waals surface area contributed by atoms with Crippen molar-refractivity contribution >= 4 is 0 Å². The van der Waals surface area contributed by atoms with Gasteiger partial charge in [-0.2, -0.15) is 0 Å². The normalized spacial score (nSPS) is 15.8. The second kappa shape index (κ2) is 5.14. The molecule has 0 aliphatic rings. The van der Waals surface area contributed by atoms with Gasteiger partial charge in [-0.3, -0.25) is 0 Å². The number of aryl methyl sites for hydroxylation is 1. The lowest BCUT2D eigenvalue weighted by Crippen LogP contribution is -2.35. The van der Waals surface area contributed by atoms with Gasteiger partial charge in [0.25, 0.3) is 0 Å². The molecular formula is C17H19FO. The largest absolute Gasteiger partial charge is 0.392 e. The minimum Gasteiger partial charge on any atom is -0.392 e. The van der Waals surface area contributed by atoms with Crippen LogP contribution < -0.4 is 0 Å². The van der Waals surface area contributed by atoms with Crippen molar-refractivity contribution in [2.75, 3.05) is 0 Å². The summed E-state index contributed by atoms with van der Waals surface area (Å²) >= 11 is 0. The average molecular weight is 258 g/mol. The monoisotopic (exact) mass is 258 g/mol. The summed E-state index contributed by atoms with van der Waals surface area (Å²) in [6.45, 7) is 5.78. The fraction of sp³-hybridized carbons (Fsp3) is 0.294. The molecule has 0 fully saturated rings. The third kappa shape index (κ3) is 2.54. The Morgan fingerprint density at radius 2 is 1.37 bits per heavy atom. The van der Waals surface area contributed by atoms with Gasteiger partial charge in [0, 0.05) is 5.41 Å². The molecule has 0 spiro atoms. The summed E-state index contributed by atoms with van der Waals surface area (Å²) in [6.07, 6.45) is -0.569. The molecule has 0 heterocycles. The summed E-state index contributed by atoms with van der Waals surface area (Å²) in [7, 11) is 0. The highest BCUT2D eigenvalue weighted by molar-refractivity contribution is 5.40. The summed E-state index contributed by atoms with van der Waals surface area (Å²) in [5.74, 6) is -0.263. The molecule has 2 aromatic carbocycles. The maximum atomic E-state index is 13.1. The van der Waals surface area contributed by atoms with Crippen LogP contribution in [0.1, 0.15) is 30.5 Å². The number of benzene rings is 2. The Kier molecular flexibility index (Phi) is 3.72. The van der Waals surface area contributed by atoms with E-state index in [0.717, 1.165) is 11.1 Å². The quantitative estimate of drug-likeness (QED) is 0.887. The van der Waals surface area contributed by atoms with E-state index < -0.39 is 11.5 Å². The molecule has 0 saturated heterocycles.